The van der Waals surface area contributed by atoms with Crippen LogP contribution in [0.4, 0.5) is 0 Å². The van der Waals surface area contributed by atoms with E-state index in [4.69, 9.17) is 4.43 Å². The number of aliphatic hydroxyl groups is 1. The monoisotopic (exact) mass is 328 g/mol. The van der Waals surface area contributed by atoms with Crippen LogP contribution < -0.4 is 0 Å². The first-order valence-electron chi connectivity index (χ1n) is 9.13. The Morgan fingerprint density at radius 1 is 1.00 bits per heavy atom. The van der Waals surface area contributed by atoms with Crippen LogP contribution in [0.15, 0.2) is 0 Å². The first kappa shape index (κ1) is 20.2. The summed E-state index contributed by atoms with van der Waals surface area (Å²) in [6.07, 6.45) is 5.14. The Bertz CT molecular complexity index is 330. The van der Waals surface area contributed by atoms with Gasteiger partial charge >= 0.3 is 0 Å². The molecule has 1 fully saturated rings. The number of hydrogen-bond acceptors (Lipinski definition) is 2. The molecular weight excluding hydrogens is 288 g/mol. The smallest absolute Gasteiger partial charge is 0.191 e. The second-order valence-electron chi connectivity index (χ2n) is 9.99. The van der Waals surface area contributed by atoms with Crippen LogP contribution in [0, 0.1) is 23.2 Å². The Balaban J connectivity index is 2.53. The third kappa shape index (κ3) is 5.35. The minimum Gasteiger partial charge on any atom is -0.416 e. The van der Waals surface area contributed by atoms with Crippen LogP contribution in [-0.2, 0) is 4.43 Å². The number of hydrogen-bond donors (Lipinski definition) is 1. The molecule has 0 spiro atoms. The minimum atomic E-state index is -1.70. The van der Waals surface area contributed by atoms with Gasteiger partial charge in [0.2, 0.25) is 0 Å². The maximum Gasteiger partial charge on any atom is 0.191 e. The lowest BCUT2D eigenvalue weighted by Gasteiger charge is -2.41. The van der Waals surface area contributed by atoms with Crippen LogP contribution >= 0.6 is 0 Å². The van der Waals surface area contributed by atoms with Gasteiger partial charge in [-0.05, 0) is 61.1 Å². The molecule has 1 rings (SSSR count). The summed E-state index contributed by atoms with van der Waals surface area (Å²) < 4.78 is 6.37. The van der Waals surface area contributed by atoms with Crippen molar-refractivity contribution < 1.29 is 9.53 Å². The molecular formula is C19H40O2Si. The van der Waals surface area contributed by atoms with Gasteiger partial charge in [-0.25, -0.2) is 0 Å². The Kier molecular flexibility index (Phi) is 6.75. The summed E-state index contributed by atoms with van der Waals surface area (Å²) in [6, 6.07) is 0. The van der Waals surface area contributed by atoms with Crippen LogP contribution in [0.5, 0.6) is 0 Å². The van der Waals surface area contributed by atoms with Gasteiger partial charge in [0.15, 0.2) is 8.32 Å². The topological polar surface area (TPSA) is 29.5 Å². The van der Waals surface area contributed by atoms with E-state index >= 15 is 0 Å². The van der Waals surface area contributed by atoms with Crippen molar-refractivity contribution in [3.8, 4) is 0 Å². The highest BCUT2D eigenvalue weighted by Gasteiger charge is 2.39. The molecule has 0 aromatic carbocycles. The van der Waals surface area contributed by atoms with E-state index in [2.05, 4.69) is 54.6 Å². The summed E-state index contributed by atoms with van der Waals surface area (Å²) in [5, 5.41) is 10.1. The number of rotatable bonds is 5. The molecule has 0 aliphatic heterocycles. The van der Waals surface area contributed by atoms with Gasteiger partial charge in [0.05, 0.1) is 0 Å². The van der Waals surface area contributed by atoms with Gasteiger partial charge in [0.1, 0.15) is 0 Å². The summed E-state index contributed by atoms with van der Waals surface area (Å²) in [5.74, 6) is 1.81. The maximum absolute atomic E-state index is 9.84. The molecule has 1 aliphatic rings. The van der Waals surface area contributed by atoms with Gasteiger partial charge in [-0.2, -0.15) is 0 Å². The summed E-state index contributed by atoms with van der Waals surface area (Å²) in [5.41, 5.74) is 0.428. The molecule has 1 saturated carbocycles. The first-order chi connectivity index (χ1) is 9.88. The quantitative estimate of drug-likeness (QED) is 0.678. The van der Waals surface area contributed by atoms with Crippen LogP contribution in [0.2, 0.25) is 18.1 Å². The van der Waals surface area contributed by atoms with Gasteiger partial charge in [0, 0.05) is 19.1 Å². The molecule has 132 valence electrons. The van der Waals surface area contributed by atoms with Crippen molar-refractivity contribution in [2.75, 3.05) is 13.2 Å². The van der Waals surface area contributed by atoms with Crippen molar-refractivity contribution in [2.24, 2.45) is 23.2 Å². The molecule has 2 nitrogen and oxygen atoms in total. The van der Waals surface area contributed by atoms with E-state index in [1.807, 2.05) is 0 Å². The van der Waals surface area contributed by atoms with Crippen LogP contribution in [-0.4, -0.2) is 26.6 Å². The van der Waals surface area contributed by atoms with Crippen molar-refractivity contribution >= 4 is 8.32 Å². The zero-order chi connectivity index (χ0) is 17.2. The summed E-state index contributed by atoms with van der Waals surface area (Å²) in [4.78, 5) is 0. The molecule has 1 N–H and O–H groups in total. The molecule has 22 heavy (non-hydrogen) atoms. The van der Waals surface area contributed by atoms with Crippen LogP contribution in [0.3, 0.4) is 0 Å². The normalized spacial score (nSPS) is 26.0. The zero-order valence-electron chi connectivity index (χ0n) is 16.3. The molecule has 0 heterocycles. The maximum atomic E-state index is 9.84. The summed E-state index contributed by atoms with van der Waals surface area (Å²) >= 11 is 0. The SMILES string of the molecule is CC(C)(C)C1CCC(C(CO)CO[Si](C)(C)C(C)(C)C)CC1. The predicted molar refractivity (Wildman–Crippen MR) is 98.6 cm³/mol. The van der Waals surface area contributed by atoms with E-state index < -0.39 is 8.32 Å². The number of aliphatic hydroxyl groups excluding tert-OH is 1. The molecule has 0 bridgehead atoms. The third-order valence-electron chi connectivity index (χ3n) is 6.36. The van der Waals surface area contributed by atoms with E-state index in [-0.39, 0.29) is 11.6 Å². The lowest BCUT2D eigenvalue weighted by molar-refractivity contribution is 0.0639. The largest absolute Gasteiger partial charge is 0.416 e. The van der Waals surface area contributed by atoms with Crippen molar-refractivity contribution in [3.63, 3.8) is 0 Å². The minimum absolute atomic E-state index is 0.247. The van der Waals surface area contributed by atoms with Gasteiger partial charge < -0.3 is 9.53 Å². The van der Waals surface area contributed by atoms with Crippen LogP contribution in [0.25, 0.3) is 0 Å². The average Bonchev–Trinajstić information content (AvgIpc) is 2.37. The van der Waals surface area contributed by atoms with Crippen molar-refractivity contribution in [2.45, 2.75) is 85.4 Å². The molecule has 0 aromatic rings. The highest BCUT2D eigenvalue weighted by molar-refractivity contribution is 6.74. The van der Waals surface area contributed by atoms with E-state index in [0.717, 1.165) is 12.5 Å². The highest BCUT2D eigenvalue weighted by Crippen LogP contribution is 2.42. The Morgan fingerprint density at radius 3 is 1.86 bits per heavy atom. The second-order valence-corrected chi connectivity index (χ2v) is 14.8. The lowest BCUT2D eigenvalue weighted by atomic mass is 9.67. The Labute approximate surface area is 140 Å². The molecule has 1 unspecified atom stereocenters. The van der Waals surface area contributed by atoms with Gasteiger partial charge in [0.25, 0.3) is 0 Å². The van der Waals surface area contributed by atoms with E-state index in [1.165, 1.54) is 25.7 Å². The first-order valence-corrected chi connectivity index (χ1v) is 12.0. The van der Waals surface area contributed by atoms with E-state index in [0.29, 0.717) is 17.3 Å². The average molecular weight is 329 g/mol. The standard InChI is InChI=1S/C19H40O2Si/c1-18(2,3)17-11-9-15(10-12-17)16(13-20)14-21-22(7,8)19(4,5)6/h15-17,20H,9-14H2,1-8H3. The Morgan fingerprint density at radius 2 is 1.50 bits per heavy atom. The Hall–Kier alpha value is 0.137. The van der Waals surface area contributed by atoms with Crippen LogP contribution in [0.1, 0.15) is 67.2 Å². The molecule has 1 aliphatic carbocycles. The molecule has 0 radical (unpaired) electrons. The molecule has 3 heteroatoms. The lowest BCUT2D eigenvalue weighted by Crippen LogP contribution is -2.43. The zero-order valence-corrected chi connectivity index (χ0v) is 17.3. The third-order valence-corrected chi connectivity index (χ3v) is 10.9. The molecule has 0 saturated heterocycles. The summed E-state index contributed by atoms with van der Waals surface area (Å²) in [6.45, 7) is 19.6. The second kappa shape index (κ2) is 7.35. The fourth-order valence-corrected chi connectivity index (χ4v) is 4.39. The van der Waals surface area contributed by atoms with Crippen molar-refractivity contribution in [1.82, 2.24) is 0 Å². The fraction of sp³-hybridized carbons (Fsp3) is 1.00. The highest BCUT2D eigenvalue weighted by atomic mass is 28.4. The van der Waals surface area contributed by atoms with Crippen molar-refractivity contribution in [1.29, 1.82) is 0 Å². The fourth-order valence-electron chi connectivity index (χ4n) is 3.33. The van der Waals surface area contributed by atoms with E-state index in [9.17, 15) is 5.11 Å². The van der Waals surface area contributed by atoms with Gasteiger partial charge in [-0.3, -0.25) is 0 Å². The molecule has 0 aromatic heterocycles. The molecule has 0 amide bonds. The van der Waals surface area contributed by atoms with Gasteiger partial charge in [-0.1, -0.05) is 41.5 Å². The van der Waals surface area contributed by atoms with E-state index in [1.54, 1.807) is 0 Å². The summed E-state index contributed by atoms with van der Waals surface area (Å²) in [7, 11) is -1.70. The predicted octanol–water partition coefficient (Wildman–Crippen LogP) is 5.47. The molecule has 1 atom stereocenters. The van der Waals surface area contributed by atoms with Crippen molar-refractivity contribution in [3.05, 3.63) is 0 Å². The van der Waals surface area contributed by atoms with Gasteiger partial charge in [-0.15, -0.1) is 0 Å².